The molecule has 4 rings (SSSR count). The second kappa shape index (κ2) is 8.91. The molecule has 3 aromatic rings. The predicted molar refractivity (Wildman–Crippen MR) is 117 cm³/mol. The van der Waals surface area contributed by atoms with Crippen LogP contribution in [0.4, 0.5) is 13.2 Å². The minimum Gasteiger partial charge on any atom is -0.207 e. The number of hydrogen-bond acceptors (Lipinski definition) is 0. The van der Waals surface area contributed by atoms with E-state index in [9.17, 15) is 13.2 Å². The van der Waals surface area contributed by atoms with Crippen molar-refractivity contribution >= 4 is 6.08 Å². The lowest BCUT2D eigenvalue weighted by atomic mass is 9.78. The van der Waals surface area contributed by atoms with Gasteiger partial charge in [0, 0.05) is 11.1 Å². The minimum absolute atomic E-state index is 0.120. The molecule has 0 aromatic heterocycles. The Morgan fingerprint density at radius 3 is 2.23 bits per heavy atom. The van der Waals surface area contributed by atoms with Crippen molar-refractivity contribution < 1.29 is 13.2 Å². The molecule has 0 unspecified atom stereocenters. The van der Waals surface area contributed by atoms with Crippen LogP contribution in [0.15, 0.2) is 66.7 Å². The molecule has 0 amide bonds. The normalized spacial score (nSPS) is 19.3. The highest BCUT2D eigenvalue weighted by Crippen LogP contribution is 2.38. The van der Waals surface area contributed by atoms with E-state index in [-0.39, 0.29) is 22.9 Å². The third kappa shape index (κ3) is 4.35. The van der Waals surface area contributed by atoms with Gasteiger partial charge in [0.15, 0.2) is 11.6 Å². The van der Waals surface area contributed by atoms with Crippen LogP contribution in [-0.2, 0) is 0 Å². The fourth-order valence-corrected chi connectivity index (χ4v) is 4.36. The van der Waals surface area contributed by atoms with Gasteiger partial charge in [-0.3, -0.25) is 0 Å². The van der Waals surface area contributed by atoms with Crippen LogP contribution in [-0.4, -0.2) is 0 Å². The molecule has 1 aliphatic carbocycles. The van der Waals surface area contributed by atoms with Crippen LogP contribution in [0.3, 0.4) is 0 Å². The van der Waals surface area contributed by atoms with Gasteiger partial charge in [0.25, 0.3) is 0 Å². The predicted octanol–water partition coefficient (Wildman–Crippen LogP) is 8.07. The summed E-state index contributed by atoms with van der Waals surface area (Å²) in [5.74, 6) is -1.23. The summed E-state index contributed by atoms with van der Waals surface area (Å²) in [5.41, 5.74) is 2.92. The molecule has 3 aromatic carbocycles. The van der Waals surface area contributed by atoms with Crippen molar-refractivity contribution in [2.45, 2.75) is 38.5 Å². The number of aryl methyl sites for hydroxylation is 1. The fraction of sp³-hybridized carbons (Fsp3) is 0.259. The molecule has 0 heterocycles. The first-order chi connectivity index (χ1) is 14.5. The van der Waals surface area contributed by atoms with Gasteiger partial charge in [0.2, 0.25) is 0 Å². The average molecular weight is 406 g/mol. The zero-order chi connectivity index (χ0) is 21.1. The summed E-state index contributed by atoms with van der Waals surface area (Å²) in [6.45, 7) is 1.89. The molecule has 0 N–H and O–H groups in total. The Hall–Kier alpha value is -2.81. The number of benzene rings is 3. The number of hydrogen-bond donors (Lipinski definition) is 0. The van der Waals surface area contributed by atoms with Crippen molar-refractivity contribution in [1.82, 2.24) is 0 Å². The van der Waals surface area contributed by atoms with Gasteiger partial charge in [-0.1, -0.05) is 66.7 Å². The fourth-order valence-electron chi connectivity index (χ4n) is 4.36. The van der Waals surface area contributed by atoms with Gasteiger partial charge < -0.3 is 0 Å². The Morgan fingerprint density at radius 2 is 1.53 bits per heavy atom. The van der Waals surface area contributed by atoms with Crippen molar-refractivity contribution in [3.8, 4) is 11.1 Å². The first kappa shape index (κ1) is 20.5. The molecule has 1 fully saturated rings. The zero-order valence-electron chi connectivity index (χ0n) is 17.0. The Kier molecular flexibility index (Phi) is 6.08. The molecule has 1 aliphatic rings. The molecule has 0 bridgehead atoms. The summed E-state index contributed by atoms with van der Waals surface area (Å²) >= 11 is 0. The summed E-state index contributed by atoms with van der Waals surface area (Å²) in [6.07, 6.45) is 7.30. The highest BCUT2D eigenvalue weighted by atomic mass is 19.2. The molecule has 30 heavy (non-hydrogen) atoms. The van der Waals surface area contributed by atoms with Gasteiger partial charge in [-0.05, 0) is 67.2 Å². The largest absolute Gasteiger partial charge is 0.207 e. The molecule has 1 saturated carbocycles. The maximum Gasteiger partial charge on any atom is 0.167 e. The standard InChI is InChI=1S/C27H25F3/c1-18-7-15-23(25(28)17-18)21-11-8-19(9-12-21)10-13-22-14-16-24(27(30)26(22)29)20-5-3-2-4-6-20/h2-7,10,13-17,19,21H,8-9,11-12H2,1H3/b13-10+. The second-order valence-corrected chi connectivity index (χ2v) is 8.19. The van der Waals surface area contributed by atoms with Gasteiger partial charge in [0.05, 0.1) is 0 Å². The van der Waals surface area contributed by atoms with Gasteiger partial charge in [-0.15, -0.1) is 0 Å². The van der Waals surface area contributed by atoms with Crippen LogP contribution < -0.4 is 0 Å². The molecule has 0 radical (unpaired) electrons. The molecule has 0 aliphatic heterocycles. The first-order valence-corrected chi connectivity index (χ1v) is 10.5. The average Bonchev–Trinajstić information content (AvgIpc) is 2.76. The molecule has 0 atom stereocenters. The summed E-state index contributed by atoms with van der Waals surface area (Å²) in [7, 11) is 0. The Balaban J connectivity index is 1.43. The molecule has 0 nitrogen and oxygen atoms in total. The number of halogens is 3. The monoisotopic (exact) mass is 406 g/mol. The summed E-state index contributed by atoms with van der Waals surface area (Å²) < 4.78 is 43.4. The molecule has 0 spiro atoms. The molecule has 154 valence electrons. The van der Waals surface area contributed by atoms with Crippen molar-refractivity contribution in [2.24, 2.45) is 5.92 Å². The van der Waals surface area contributed by atoms with Crippen LogP contribution in [0, 0.1) is 30.3 Å². The number of allylic oxidation sites excluding steroid dienone is 1. The SMILES string of the molecule is Cc1ccc(C2CCC(/C=C/c3ccc(-c4ccccc4)c(F)c3F)CC2)c(F)c1. The van der Waals surface area contributed by atoms with Gasteiger partial charge in [0.1, 0.15) is 5.82 Å². The lowest BCUT2D eigenvalue weighted by Crippen LogP contribution is -2.13. The van der Waals surface area contributed by atoms with Crippen molar-refractivity contribution in [3.05, 3.63) is 101 Å². The van der Waals surface area contributed by atoms with Crippen LogP contribution in [0.25, 0.3) is 17.2 Å². The molecule has 3 heteroatoms. The summed E-state index contributed by atoms with van der Waals surface area (Å²) in [5, 5.41) is 0. The Labute approximate surface area is 176 Å². The van der Waals surface area contributed by atoms with E-state index in [0.717, 1.165) is 36.8 Å². The lowest BCUT2D eigenvalue weighted by molar-refractivity contribution is 0.369. The van der Waals surface area contributed by atoms with Crippen molar-refractivity contribution in [2.75, 3.05) is 0 Å². The smallest absolute Gasteiger partial charge is 0.167 e. The topological polar surface area (TPSA) is 0 Å². The zero-order valence-corrected chi connectivity index (χ0v) is 17.0. The van der Waals surface area contributed by atoms with Gasteiger partial charge >= 0.3 is 0 Å². The Bertz CT molecular complexity index is 1050. The Morgan fingerprint density at radius 1 is 0.800 bits per heavy atom. The van der Waals surface area contributed by atoms with Crippen LogP contribution in [0.1, 0.15) is 48.3 Å². The third-order valence-electron chi connectivity index (χ3n) is 6.11. The second-order valence-electron chi connectivity index (χ2n) is 8.19. The molecule has 0 saturated heterocycles. The third-order valence-corrected chi connectivity index (χ3v) is 6.11. The van der Waals surface area contributed by atoms with E-state index >= 15 is 0 Å². The highest BCUT2D eigenvalue weighted by Gasteiger charge is 2.23. The lowest BCUT2D eigenvalue weighted by Gasteiger charge is -2.27. The van der Waals surface area contributed by atoms with Crippen molar-refractivity contribution in [3.63, 3.8) is 0 Å². The van der Waals surface area contributed by atoms with E-state index in [2.05, 4.69) is 0 Å². The quantitative estimate of drug-likeness (QED) is 0.411. The van der Waals surface area contributed by atoms with Crippen molar-refractivity contribution in [1.29, 1.82) is 0 Å². The summed E-state index contributed by atoms with van der Waals surface area (Å²) in [4.78, 5) is 0. The molecular weight excluding hydrogens is 381 g/mol. The van der Waals surface area contributed by atoms with E-state index in [4.69, 9.17) is 0 Å². The van der Waals surface area contributed by atoms with E-state index in [1.807, 2.05) is 31.2 Å². The van der Waals surface area contributed by atoms with Gasteiger partial charge in [-0.2, -0.15) is 0 Å². The van der Waals surface area contributed by atoms with E-state index in [1.165, 1.54) is 0 Å². The van der Waals surface area contributed by atoms with Crippen LogP contribution in [0.5, 0.6) is 0 Å². The number of rotatable bonds is 4. The van der Waals surface area contributed by atoms with Crippen LogP contribution in [0.2, 0.25) is 0 Å². The van der Waals surface area contributed by atoms with E-state index in [0.29, 0.717) is 11.5 Å². The van der Waals surface area contributed by atoms with E-state index < -0.39 is 11.6 Å². The maximum absolute atomic E-state index is 14.6. The molecular formula is C27H25F3. The van der Waals surface area contributed by atoms with E-state index in [1.54, 1.807) is 48.5 Å². The van der Waals surface area contributed by atoms with Gasteiger partial charge in [-0.25, -0.2) is 13.2 Å². The highest BCUT2D eigenvalue weighted by molar-refractivity contribution is 5.67. The first-order valence-electron chi connectivity index (χ1n) is 10.5. The minimum atomic E-state index is -0.818. The van der Waals surface area contributed by atoms with Crippen LogP contribution >= 0.6 is 0 Å². The maximum atomic E-state index is 14.6. The summed E-state index contributed by atoms with van der Waals surface area (Å²) in [6, 6.07) is 17.7.